The van der Waals surface area contributed by atoms with Crippen LogP contribution in [0.3, 0.4) is 0 Å². The molecule has 2 N–H and O–H groups in total. The van der Waals surface area contributed by atoms with E-state index in [1.54, 1.807) is 0 Å². The Morgan fingerprint density at radius 2 is 2.00 bits per heavy atom. The monoisotopic (exact) mass is 209 g/mol. The molecule has 3 nitrogen and oxygen atoms in total. The number of hydrogen-bond donors (Lipinski definition) is 1. The lowest BCUT2D eigenvalue weighted by Crippen LogP contribution is -2.34. The average molecular weight is 209 g/mol. The molecule has 2 rings (SSSR count). The first kappa shape index (κ1) is 10.9. The molecule has 0 amide bonds. The third kappa shape index (κ3) is 2.17. The molecule has 86 valence electrons. The maximum absolute atomic E-state index is 6.04. The lowest BCUT2D eigenvalue weighted by atomic mass is 9.95. The zero-order chi connectivity index (χ0) is 11.1. The summed E-state index contributed by atoms with van der Waals surface area (Å²) in [5.41, 5.74) is 6.06. The van der Waals surface area contributed by atoms with Gasteiger partial charge in [-0.25, -0.2) is 0 Å². The second-order valence-corrected chi connectivity index (χ2v) is 5.87. The molecule has 15 heavy (non-hydrogen) atoms. The number of amidine groups is 1. The van der Waals surface area contributed by atoms with Crippen molar-refractivity contribution in [2.24, 2.45) is 16.1 Å². The maximum atomic E-state index is 6.04. The molecule has 2 fully saturated rings. The quantitative estimate of drug-likeness (QED) is 0.527. The highest BCUT2D eigenvalue weighted by Crippen LogP contribution is 2.30. The van der Waals surface area contributed by atoms with Crippen LogP contribution in [0.15, 0.2) is 4.99 Å². The molecule has 2 heterocycles. The Labute approximate surface area is 92.7 Å². The van der Waals surface area contributed by atoms with E-state index in [-0.39, 0.29) is 5.41 Å². The summed E-state index contributed by atoms with van der Waals surface area (Å²) in [7, 11) is 0. The van der Waals surface area contributed by atoms with Crippen molar-refractivity contribution in [1.29, 1.82) is 0 Å². The summed E-state index contributed by atoms with van der Waals surface area (Å²) >= 11 is 0. The molecule has 2 atom stereocenters. The van der Waals surface area contributed by atoms with E-state index in [0.29, 0.717) is 12.1 Å². The molecule has 2 unspecified atom stereocenters. The van der Waals surface area contributed by atoms with Crippen molar-refractivity contribution in [3.8, 4) is 0 Å². The van der Waals surface area contributed by atoms with Gasteiger partial charge in [0, 0.05) is 18.0 Å². The van der Waals surface area contributed by atoms with Crippen LogP contribution >= 0.6 is 0 Å². The largest absolute Gasteiger partial charge is 0.387 e. The third-order valence-electron chi connectivity index (χ3n) is 3.64. The topological polar surface area (TPSA) is 41.6 Å². The molecular weight excluding hydrogens is 186 g/mol. The van der Waals surface area contributed by atoms with Crippen molar-refractivity contribution < 1.29 is 0 Å². The van der Waals surface area contributed by atoms with Gasteiger partial charge in [0.1, 0.15) is 0 Å². The number of nitrogens with zero attached hydrogens (tertiary/aromatic N) is 2. The predicted molar refractivity (Wildman–Crippen MR) is 64.1 cm³/mol. The van der Waals surface area contributed by atoms with Crippen LogP contribution in [0.5, 0.6) is 0 Å². The first-order chi connectivity index (χ1) is 6.98. The zero-order valence-electron chi connectivity index (χ0n) is 10.2. The van der Waals surface area contributed by atoms with Crippen LogP contribution in [-0.2, 0) is 0 Å². The molecule has 0 bridgehead atoms. The van der Waals surface area contributed by atoms with Crippen molar-refractivity contribution in [3.05, 3.63) is 0 Å². The van der Waals surface area contributed by atoms with Crippen molar-refractivity contribution in [3.63, 3.8) is 0 Å². The summed E-state index contributed by atoms with van der Waals surface area (Å²) in [6.07, 6.45) is 3.85. The molecule has 3 heteroatoms. The van der Waals surface area contributed by atoms with Crippen LogP contribution in [0.1, 0.15) is 40.0 Å². The van der Waals surface area contributed by atoms with Crippen LogP contribution in [0.2, 0.25) is 0 Å². The molecular formula is C12H23N3. The Hall–Kier alpha value is -0.570. The van der Waals surface area contributed by atoms with Crippen molar-refractivity contribution in [2.75, 3.05) is 13.1 Å². The van der Waals surface area contributed by atoms with E-state index in [0.717, 1.165) is 5.84 Å². The lowest BCUT2D eigenvalue weighted by molar-refractivity contribution is 0.314. The van der Waals surface area contributed by atoms with Gasteiger partial charge in [0.2, 0.25) is 0 Å². The number of fused-ring (bicyclic) bond motifs is 1. The molecule has 2 aliphatic heterocycles. The molecule has 0 aromatic rings. The fourth-order valence-electron chi connectivity index (χ4n) is 2.58. The summed E-state index contributed by atoms with van der Waals surface area (Å²) in [6.45, 7) is 8.88. The van der Waals surface area contributed by atoms with Gasteiger partial charge in [-0.3, -0.25) is 9.89 Å². The van der Waals surface area contributed by atoms with Crippen LogP contribution in [0.25, 0.3) is 0 Å². The smallest absolute Gasteiger partial charge is 0.0995 e. The first-order valence-corrected chi connectivity index (χ1v) is 6.06. The Kier molecular flexibility index (Phi) is 2.75. The summed E-state index contributed by atoms with van der Waals surface area (Å²) in [6, 6.07) is 1.15. The summed E-state index contributed by atoms with van der Waals surface area (Å²) in [5, 5.41) is 0. The van der Waals surface area contributed by atoms with E-state index in [4.69, 9.17) is 10.7 Å². The highest BCUT2D eigenvalue weighted by atomic mass is 15.2. The molecule has 0 aromatic heterocycles. The molecule has 2 saturated heterocycles. The lowest BCUT2D eigenvalue weighted by Gasteiger charge is -2.22. The van der Waals surface area contributed by atoms with E-state index in [1.165, 1.54) is 32.4 Å². The highest BCUT2D eigenvalue weighted by molar-refractivity contribution is 5.85. The summed E-state index contributed by atoms with van der Waals surface area (Å²) < 4.78 is 0. The van der Waals surface area contributed by atoms with Gasteiger partial charge in [0.25, 0.3) is 0 Å². The number of aliphatic imine (C=N–C) groups is 1. The second-order valence-electron chi connectivity index (χ2n) is 5.87. The van der Waals surface area contributed by atoms with E-state index >= 15 is 0 Å². The van der Waals surface area contributed by atoms with E-state index in [1.807, 2.05) is 0 Å². The molecule has 2 aliphatic rings. The highest BCUT2D eigenvalue weighted by Gasteiger charge is 2.37. The number of hydrogen-bond acceptors (Lipinski definition) is 2. The van der Waals surface area contributed by atoms with Gasteiger partial charge >= 0.3 is 0 Å². The van der Waals surface area contributed by atoms with Crippen LogP contribution < -0.4 is 5.73 Å². The van der Waals surface area contributed by atoms with Crippen LogP contribution in [0.4, 0.5) is 0 Å². The minimum absolute atomic E-state index is 0.0199. The second kappa shape index (κ2) is 3.78. The summed E-state index contributed by atoms with van der Waals surface area (Å²) in [4.78, 5) is 7.32. The van der Waals surface area contributed by atoms with E-state index in [2.05, 4.69) is 25.7 Å². The number of rotatable bonds is 1. The third-order valence-corrected chi connectivity index (χ3v) is 3.64. The van der Waals surface area contributed by atoms with Crippen molar-refractivity contribution >= 4 is 5.84 Å². The standard InChI is InChI=1S/C12H23N3/c1-12(2,3)11(13)14-9-6-8-15-7-4-5-10(9)15/h9-10H,4-8H2,1-3H3,(H2,13,14). The molecule has 0 aliphatic carbocycles. The minimum Gasteiger partial charge on any atom is -0.387 e. The first-order valence-electron chi connectivity index (χ1n) is 6.06. The normalized spacial score (nSPS) is 33.4. The SMILES string of the molecule is CC(C)(C)C(N)=NC1CCN2CCCC12. The fourth-order valence-corrected chi connectivity index (χ4v) is 2.58. The van der Waals surface area contributed by atoms with Gasteiger partial charge in [-0.1, -0.05) is 20.8 Å². The van der Waals surface area contributed by atoms with Crippen LogP contribution in [-0.4, -0.2) is 35.9 Å². The van der Waals surface area contributed by atoms with Gasteiger partial charge in [0.05, 0.1) is 11.9 Å². The van der Waals surface area contributed by atoms with Crippen molar-refractivity contribution in [1.82, 2.24) is 4.90 Å². The molecule has 0 saturated carbocycles. The molecule has 0 aromatic carbocycles. The van der Waals surface area contributed by atoms with E-state index < -0.39 is 0 Å². The maximum Gasteiger partial charge on any atom is 0.0995 e. The Bertz CT molecular complexity index is 265. The molecule has 0 radical (unpaired) electrons. The van der Waals surface area contributed by atoms with Gasteiger partial charge in [-0.2, -0.15) is 0 Å². The predicted octanol–water partition coefficient (Wildman–Crippen LogP) is 1.63. The van der Waals surface area contributed by atoms with Gasteiger partial charge < -0.3 is 5.73 Å². The van der Waals surface area contributed by atoms with E-state index in [9.17, 15) is 0 Å². The number of nitrogens with two attached hydrogens (primary N) is 1. The Morgan fingerprint density at radius 3 is 2.67 bits per heavy atom. The van der Waals surface area contributed by atoms with Crippen LogP contribution in [0, 0.1) is 5.41 Å². The van der Waals surface area contributed by atoms with Gasteiger partial charge in [-0.05, 0) is 25.8 Å². The van der Waals surface area contributed by atoms with Gasteiger partial charge in [0.15, 0.2) is 0 Å². The average Bonchev–Trinajstić information content (AvgIpc) is 2.67. The molecule has 0 spiro atoms. The fraction of sp³-hybridized carbons (Fsp3) is 0.917. The summed E-state index contributed by atoms with van der Waals surface area (Å²) in [5.74, 6) is 0.821. The zero-order valence-corrected chi connectivity index (χ0v) is 10.2. The Balaban J connectivity index is 2.06. The van der Waals surface area contributed by atoms with Crippen molar-refractivity contribution in [2.45, 2.75) is 52.1 Å². The Morgan fingerprint density at radius 1 is 1.27 bits per heavy atom. The van der Waals surface area contributed by atoms with Gasteiger partial charge in [-0.15, -0.1) is 0 Å². The minimum atomic E-state index is 0.0199.